The summed E-state index contributed by atoms with van der Waals surface area (Å²) in [5, 5.41) is 0. The number of nitrogens with two attached hydrogens (primary N) is 1. The lowest BCUT2D eigenvalue weighted by Crippen LogP contribution is -2.42. The van der Waals surface area contributed by atoms with Crippen molar-refractivity contribution in [2.75, 3.05) is 25.7 Å². The topological polar surface area (TPSA) is 67.6 Å². The summed E-state index contributed by atoms with van der Waals surface area (Å²) in [6.45, 7) is 7.29. The molecule has 1 amide bonds. The van der Waals surface area contributed by atoms with E-state index in [9.17, 15) is 4.79 Å². The van der Waals surface area contributed by atoms with Crippen LogP contribution in [0.5, 0.6) is 0 Å². The number of nitrogen functional groups attached to an aromatic ring is 1. The summed E-state index contributed by atoms with van der Waals surface area (Å²) in [5.41, 5.74) is 5.04. The van der Waals surface area contributed by atoms with Crippen molar-refractivity contribution in [2.24, 2.45) is 5.84 Å². The second-order valence-corrected chi connectivity index (χ2v) is 5.14. The maximum Gasteiger partial charge on any atom is 0.254 e. The molecule has 1 aromatic rings. The van der Waals surface area contributed by atoms with Crippen molar-refractivity contribution in [2.45, 2.75) is 39.7 Å². The standard InChI is InChI=1S/C16H27N3O2/c1-5-14(6-2)19(9-10-21-4)16(20)15-8-7-13(18-17)11-12(15)3/h7-8,11,14,18H,5-6,9-10,17H2,1-4H3. The summed E-state index contributed by atoms with van der Waals surface area (Å²) in [7, 11) is 1.66. The minimum absolute atomic E-state index is 0.0572. The number of anilines is 1. The van der Waals surface area contributed by atoms with Crippen LogP contribution in [-0.4, -0.2) is 37.1 Å². The van der Waals surface area contributed by atoms with Gasteiger partial charge >= 0.3 is 0 Å². The van der Waals surface area contributed by atoms with Crippen molar-refractivity contribution in [3.05, 3.63) is 29.3 Å². The zero-order valence-corrected chi connectivity index (χ0v) is 13.5. The van der Waals surface area contributed by atoms with Gasteiger partial charge in [-0.3, -0.25) is 10.6 Å². The summed E-state index contributed by atoms with van der Waals surface area (Å²) in [4.78, 5) is 14.8. The van der Waals surface area contributed by atoms with E-state index in [1.165, 1.54) is 0 Å². The Morgan fingerprint density at radius 3 is 2.52 bits per heavy atom. The minimum atomic E-state index is 0.0572. The number of hydrogen-bond donors (Lipinski definition) is 2. The lowest BCUT2D eigenvalue weighted by Gasteiger charge is -2.31. The highest BCUT2D eigenvalue weighted by Gasteiger charge is 2.23. The summed E-state index contributed by atoms with van der Waals surface area (Å²) in [6, 6.07) is 5.77. The number of carbonyl (C=O) groups is 1. The van der Waals surface area contributed by atoms with E-state index in [1.807, 2.05) is 30.0 Å². The molecule has 0 heterocycles. The van der Waals surface area contributed by atoms with Gasteiger partial charge in [0, 0.05) is 30.9 Å². The second kappa shape index (κ2) is 8.64. The second-order valence-electron chi connectivity index (χ2n) is 5.14. The van der Waals surface area contributed by atoms with Crippen LogP contribution in [0.25, 0.3) is 0 Å². The zero-order valence-electron chi connectivity index (χ0n) is 13.5. The van der Waals surface area contributed by atoms with Crippen molar-refractivity contribution in [1.29, 1.82) is 0 Å². The third-order valence-electron chi connectivity index (χ3n) is 3.80. The molecule has 0 saturated carbocycles. The van der Waals surface area contributed by atoms with Gasteiger partial charge in [-0.25, -0.2) is 0 Å². The number of methoxy groups -OCH3 is 1. The Bertz CT molecular complexity index is 459. The number of aryl methyl sites for hydroxylation is 1. The van der Waals surface area contributed by atoms with Gasteiger partial charge in [0.1, 0.15) is 0 Å². The Morgan fingerprint density at radius 1 is 1.38 bits per heavy atom. The van der Waals surface area contributed by atoms with Crippen molar-refractivity contribution >= 4 is 11.6 Å². The molecule has 0 fully saturated rings. The molecule has 0 aliphatic carbocycles. The first-order valence-corrected chi connectivity index (χ1v) is 7.46. The van der Waals surface area contributed by atoms with Gasteiger partial charge < -0.3 is 15.1 Å². The third kappa shape index (κ3) is 4.44. The Kier molecular flexibility index (Phi) is 7.19. The highest BCUT2D eigenvalue weighted by atomic mass is 16.5. The normalized spacial score (nSPS) is 10.8. The minimum Gasteiger partial charge on any atom is -0.383 e. The molecule has 1 rings (SSSR count). The van der Waals surface area contributed by atoms with Crippen molar-refractivity contribution in [3.63, 3.8) is 0 Å². The van der Waals surface area contributed by atoms with Gasteiger partial charge in [0.05, 0.1) is 6.61 Å². The van der Waals surface area contributed by atoms with Gasteiger partial charge in [-0.1, -0.05) is 13.8 Å². The molecule has 0 aliphatic rings. The molecular formula is C16H27N3O2. The van der Waals surface area contributed by atoms with Gasteiger partial charge in [0.25, 0.3) is 5.91 Å². The van der Waals surface area contributed by atoms with Crippen LogP contribution >= 0.6 is 0 Å². The van der Waals surface area contributed by atoms with Crippen LogP contribution in [0.15, 0.2) is 18.2 Å². The summed E-state index contributed by atoms with van der Waals surface area (Å²) < 4.78 is 5.14. The lowest BCUT2D eigenvalue weighted by molar-refractivity contribution is 0.0589. The quantitative estimate of drug-likeness (QED) is 0.571. The fourth-order valence-corrected chi connectivity index (χ4v) is 2.52. The van der Waals surface area contributed by atoms with Gasteiger partial charge in [-0.15, -0.1) is 0 Å². The average Bonchev–Trinajstić information content (AvgIpc) is 2.50. The highest BCUT2D eigenvalue weighted by Crippen LogP contribution is 2.19. The Balaban J connectivity index is 3.03. The molecule has 0 saturated heterocycles. The number of benzene rings is 1. The van der Waals surface area contributed by atoms with Crippen LogP contribution in [0.2, 0.25) is 0 Å². The fraction of sp³-hybridized carbons (Fsp3) is 0.562. The molecule has 21 heavy (non-hydrogen) atoms. The van der Waals surface area contributed by atoms with Crippen LogP contribution < -0.4 is 11.3 Å². The summed E-state index contributed by atoms with van der Waals surface area (Å²) >= 11 is 0. The predicted molar refractivity (Wildman–Crippen MR) is 86.3 cm³/mol. The molecule has 5 heteroatoms. The molecular weight excluding hydrogens is 266 g/mol. The number of hydrogen-bond acceptors (Lipinski definition) is 4. The van der Waals surface area contributed by atoms with Gasteiger partial charge in [-0.2, -0.15) is 0 Å². The van der Waals surface area contributed by atoms with Gasteiger partial charge in [0.15, 0.2) is 0 Å². The van der Waals surface area contributed by atoms with E-state index in [0.29, 0.717) is 13.2 Å². The van der Waals surface area contributed by atoms with E-state index in [4.69, 9.17) is 10.6 Å². The zero-order chi connectivity index (χ0) is 15.8. The Morgan fingerprint density at radius 2 is 2.05 bits per heavy atom. The molecule has 0 spiro atoms. The number of hydrazine groups is 1. The van der Waals surface area contributed by atoms with E-state index in [0.717, 1.165) is 29.7 Å². The fourth-order valence-electron chi connectivity index (χ4n) is 2.52. The van der Waals surface area contributed by atoms with E-state index < -0.39 is 0 Å². The maximum atomic E-state index is 12.8. The number of amides is 1. The molecule has 0 unspecified atom stereocenters. The van der Waals surface area contributed by atoms with Crippen molar-refractivity contribution in [1.82, 2.24) is 4.90 Å². The molecule has 0 aliphatic heterocycles. The third-order valence-corrected chi connectivity index (χ3v) is 3.80. The van der Waals surface area contributed by atoms with Gasteiger partial charge in [-0.05, 0) is 43.5 Å². The number of nitrogens with one attached hydrogen (secondary N) is 1. The number of carbonyl (C=O) groups excluding carboxylic acids is 1. The monoisotopic (exact) mass is 293 g/mol. The number of nitrogens with zero attached hydrogens (tertiary/aromatic N) is 1. The van der Waals surface area contributed by atoms with Crippen molar-refractivity contribution < 1.29 is 9.53 Å². The smallest absolute Gasteiger partial charge is 0.254 e. The first kappa shape index (κ1) is 17.5. The molecule has 0 aromatic heterocycles. The molecule has 118 valence electrons. The highest BCUT2D eigenvalue weighted by molar-refractivity contribution is 5.96. The molecule has 0 atom stereocenters. The molecule has 3 N–H and O–H groups in total. The molecule has 5 nitrogen and oxygen atoms in total. The lowest BCUT2D eigenvalue weighted by atomic mass is 10.0. The molecule has 0 radical (unpaired) electrons. The maximum absolute atomic E-state index is 12.8. The van der Waals surface area contributed by atoms with Crippen LogP contribution in [0.1, 0.15) is 42.6 Å². The Labute approximate surface area is 127 Å². The van der Waals surface area contributed by atoms with E-state index >= 15 is 0 Å². The first-order valence-electron chi connectivity index (χ1n) is 7.46. The largest absolute Gasteiger partial charge is 0.383 e. The average molecular weight is 293 g/mol. The van der Waals surface area contributed by atoms with E-state index in [-0.39, 0.29) is 11.9 Å². The molecule has 0 bridgehead atoms. The summed E-state index contributed by atoms with van der Waals surface area (Å²) in [5.74, 6) is 5.46. The van der Waals surface area contributed by atoms with Crippen LogP contribution in [0.3, 0.4) is 0 Å². The summed E-state index contributed by atoms with van der Waals surface area (Å²) in [6.07, 6.45) is 1.88. The van der Waals surface area contributed by atoms with Crippen molar-refractivity contribution in [3.8, 4) is 0 Å². The van der Waals surface area contributed by atoms with Crippen LogP contribution in [0.4, 0.5) is 5.69 Å². The van der Waals surface area contributed by atoms with Crippen LogP contribution in [0, 0.1) is 6.92 Å². The first-order chi connectivity index (χ1) is 10.1. The Hall–Kier alpha value is -1.59. The molecule has 1 aromatic carbocycles. The van der Waals surface area contributed by atoms with E-state index in [2.05, 4.69) is 19.3 Å². The van der Waals surface area contributed by atoms with Crippen LogP contribution in [-0.2, 0) is 4.74 Å². The predicted octanol–water partition coefficient (Wildman–Crippen LogP) is 2.56. The number of ether oxygens (including phenoxy) is 1. The number of rotatable bonds is 8. The van der Waals surface area contributed by atoms with Gasteiger partial charge in [0.2, 0.25) is 0 Å². The SMILES string of the molecule is CCC(CC)N(CCOC)C(=O)c1ccc(NN)cc1C. The van der Waals surface area contributed by atoms with E-state index in [1.54, 1.807) is 7.11 Å².